The van der Waals surface area contributed by atoms with Crippen LogP contribution in [0.15, 0.2) is 42.6 Å². The minimum atomic E-state index is -4.38. The largest absolute Gasteiger partial charge is 0.417 e. The fourth-order valence-corrected chi connectivity index (χ4v) is 4.19. The monoisotopic (exact) mass is 389 g/mol. The van der Waals surface area contributed by atoms with Crippen molar-refractivity contribution in [3.05, 3.63) is 53.7 Å². The number of carbonyl (C=O) groups is 1. The lowest BCUT2D eigenvalue weighted by atomic mass is 9.94. The average molecular weight is 389 g/mol. The molecule has 148 valence electrons. The Morgan fingerprint density at radius 1 is 1.11 bits per heavy atom. The highest BCUT2D eigenvalue weighted by atomic mass is 19.4. The maximum atomic E-state index is 13.1. The van der Waals surface area contributed by atoms with Crippen LogP contribution in [-0.4, -0.2) is 30.0 Å². The van der Waals surface area contributed by atoms with Gasteiger partial charge in [0.25, 0.3) is 0 Å². The van der Waals surface area contributed by atoms with Crippen LogP contribution in [0.4, 0.5) is 24.7 Å². The molecule has 0 spiro atoms. The van der Waals surface area contributed by atoms with Crippen molar-refractivity contribution in [2.75, 3.05) is 22.9 Å². The highest BCUT2D eigenvalue weighted by Gasteiger charge is 2.36. The van der Waals surface area contributed by atoms with Crippen LogP contribution in [-0.2, 0) is 17.4 Å². The number of amides is 1. The second kappa shape index (κ2) is 7.11. The molecule has 0 radical (unpaired) electrons. The molecule has 1 aromatic carbocycles. The molecular formula is C21H22F3N3O. The molecule has 1 aromatic heterocycles. The topological polar surface area (TPSA) is 36.4 Å². The molecule has 1 saturated heterocycles. The Hall–Kier alpha value is -2.57. The van der Waals surface area contributed by atoms with Crippen LogP contribution in [0, 0.1) is 5.92 Å². The van der Waals surface area contributed by atoms with E-state index in [-0.39, 0.29) is 17.9 Å². The molecule has 0 unspecified atom stereocenters. The van der Waals surface area contributed by atoms with Gasteiger partial charge in [-0.1, -0.05) is 18.2 Å². The standard InChI is InChI=1S/C21H22F3N3O/c1-14-12-16-4-2-3-5-18(16)27(14)20(28)15-8-10-26(11-9-15)19-7-6-17(13-25-19)21(22,23)24/h2-7,13-15H,8-12H2,1H3/t14-/m1/s1. The van der Waals surface area contributed by atoms with Gasteiger partial charge in [0, 0.05) is 36.9 Å². The first-order valence-corrected chi connectivity index (χ1v) is 9.54. The third-order valence-electron chi connectivity index (χ3n) is 5.69. The fraction of sp³-hybridized carbons (Fsp3) is 0.429. The summed E-state index contributed by atoms with van der Waals surface area (Å²) in [6.45, 7) is 3.29. The number of carbonyl (C=O) groups excluding carboxylic acids is 1. The Bertz CT molecular complexity index is 858. The number of anilines is 2. The number of alkyl halides is 3. The molecule has 3 heterocycles. The summed E-state index contributed by atoms with van der Waals surface area (Å²) in [6.07, 6.45) is -1.29. The van der Waals surface area contributed by atoms with E-state index in [1.807, 2.05) is 28.0 Å². The van der Waals surface area contributed by atoms with E-state index < -0.39 is 11.7 Å². The van der Waals surface area contributed by atoms with Crippen LogP contribution in [0.25, 0.3) is 0 Å². The van der Waals surface area contributed by atoms with Gasteiger partial charge in [-0.25, -0.2) is 4.98 Å². The Balaban J connectivity index is 1.41. The highest BCUT2D eigenvalue weighted by Crippen LogP contribution is 2.35. The van der Waals surface area contributed by atoms with Crippen molar-refractivity contribution in [1.29, 1.82) is 0 Å². The molecule has 7 heteroatoms. The number of hydrogen-bond acceptors (Lipinski definition) is 3. The first-order chi connectivity index (χ1) is 13.3. The lowest BCUT2D eigenvalue weighted by molar-refractivity contribution is -0.137. The van der Waals surface area contributed by atoms with Gasteiger partial charge in [-0.05, 0) is 49.9 Å². The zero-order valence-corrected chi connectivity index (χ0v) is 15.6. The Kier molecular flexibility index (Phi) is 4.77. The second-order valence-electron chi connectivity index (χ2n) is 7.55. The van der Waals surface area contributed by atoms with E-state index >= 15 is 0 Å². The highest BCUT2D eigenvalue weighted by molar-refractivity contribution is 5.97. The smallest absolute Gasteiger partial charge is 0.357 e. The molecule has 28 heavy (non-hydrogen) atoms. The number of nitrogens with zero attached hydrogens (tertiary/aromatic N) is 3. The lowest BCUT2D eigenvalue weighted by Crippen LogP contribution is -2.45. The quantitative estimate of drug-likeness (QED) is 0.769. The molecule has 4 nitrogen and oxygen atoms in total. The predicted octanol–water partition coefficient (Wildman–Crippen LogP) is 4.29. The van der Waals surface area contributed by atoms with Crippen LogP contribution in [0.5, 0.6) is 0 Å². The Morgan fingerprint density at radius 2 is 1.82 bits per heavy atom. The number of para-hydroxylation sites is 1. The Morgan fingerprint density at radius 3 is 2.46 bits per heavy atom. The minimum Gasteiger partial charge on any atom is -0.357 e. The normalized spacial score (nSPS) is 20.4. The zero-order valence-electron chi connectivity index (χ0n) is 15.6. The average Bonchev–Trinajstić information content (AvgIpc) is 3.02. The van der Waals surface area contributed by atoms with Gasteiger partial charge in [-0.15, -0.1) is 0 Å². The van der Waals surface area contributed by atoms with Crippen LogP contribution in [0.2, 0.25) is 0 Å². The van der Waals surface area contributed by atoms with Crippen molar-refractivity contribution >= 4 is 17.4 Å². The van der Waals surface area contributed by atoms with Crippen molar-refractivity contribution in [2.45, 2.75) is 38.4 Å². The molecule has 2 aromatic rings. The Labute approximate surface area is 162 Å². The number of benzene rings is 1. The van der Waals surface area contributed by atoms with Gasteiger partial charge < -0.3 is 9.80 Å². The van der Waals surface area contributed by atoms with Gasteiger partial charge in [-0.3, -0.25) is 4.79 Å². The number of fused-ring (bicyclic) bond motifs is 1. The van der Waals surface area contributed by atoms with E-state index in [0.29, 0.717) is 31.7 Å². The molecule has 0 N–H and O–H groups in total. The zero-order chi connectivity index (χ0) is 19.9. The molecule has 0 saturated carbocycles. The van der Waals surface area contributed by atoms with E-state index in [2.05, 4.69) is 18.0 Å². The van der Waals surface area contributed by atoms with Gasteiger partial charge in [-0.2, -0.15) is 13.2 Å². The molecular weight excluding hydrogens is 367 g/mol. The molecule has 4 rings (SSSR count). The maximum absolute atomic E-state index is 13.1. The van der Waals surface area contributed by atoms with Crippen LogP contribution in [0.3, 0.4) is 0 Å². The van der Waals surface area contributed by atoms with Gasteiger partial charge in [0.1, 0.15) is 5.82 Å². The molecule has 1 fully saturated rings. The van der Waals surface area contributed by atoms with Crippen molar-refractivity contribution < 1.29 is 18.0 Å². The van der Waals surface area contributed by atoms with Crippen LogP contribution >= 0.6 is 0 Å². The van der Waals surface area contributed by atoms with Crippen molar-refractivity contribution in [2.24, 2.45) is 5.92 Å². The molecule has 1 atom stereocenters. The first-order valence-electron chi connectivity index (χ1n) is 9.54. The summed E-state index contributed by atoms with van der Waals surface area (Å²) in [5.74, 6) is 0.607. The summed E-state index contributed by atoms with van der Waals surface area (Å²) in [5, 5.41) is 0. The number of hydrogen-bond donors (Lipinski definition) is 0. The molecule has 1 amide bonds. The molecule has 0 bridgehead atoms. The van der Waals surface area contributed by atoms with E-state index in [9.17, 15) is 18.0 Å². The number of piperidine rings is 1. The lowest BCUT2D eigenvalue weighted by Gasteiger charge is -2.35. The summed E-state index contributed by atoms with van der Waals surface area (Å²) in [4.78, 5) is 21.0. The van der Waals surface area contributed by atoms with E-state index in [1.54, 1.807) is 0 Å². The predicted molar refractivity (Wildman–Crippen MR) is 101 cm³/mol. The van der Waals surface area contributed by atoms with Gasteiger partial charge in [0.2, 0.25) is 5.91 Å². The second-order valence-corrected chi connectivity index (χ2v) is 7.55. The number of halogens is 3. The third-order valence-corrected chi connectivity index (χ3v) is 5.69. The van der Waals surface area contributed by atoms with E-state index in [1.165, 1.54) is 11.6 Å². The van der Waals surface area contributed by atoms with Crippen molar-refractivity contribution in [3.63, 3.8) is 0 Å². The van der Waals surface area contributed by atoms with Gasteiger partial charge in [0.05, 0.1) is 5.56 Å². The van der Waals surface area contributed by atoms with E-state index in [0.717, 1.165) is 24.4 Å². The first kappa shape index (κ1) is 18.8. The van der Waals surface area contributed by atoms with Gasteiger partial charge >= 0.3 is 6.18 Å². The van der Waals surface area contributed by atoms with E-state index in [4.69, 9.17) is 0 Å². The van der Waals surface area contributed by atoms with Crippen LogP contribution in [0.1, 0.15) is 30.9 Å². The minimum absolute atomic E-state index is 0.0701. The summed E-state index contributed by atoms with van der Waals surface area (Å²) >= 11 is 0. The summed E-state index contributed by atoms with van der Waals surface area (Å²) in [6, 6.07) is 10.6. The summed E-state index contributed by atoms with van der Waals surface area (Å²) in [7, 11) is 0. The summed E-state index contributed by atoms with van der Waals surface area (Å²) in [5.41, 5.74) is 1.46. The van der Waals surface area contributed by atoms with Crippen molar-refractivity contribution in [1.82, 2.24) is 4.98 Å². The number of rotatable bonds is 2. The maximum Gasteiger partial charge on any atom is 0.417 e. The molecule has 2 aliphatic heterocycles. The number of pyridine rings is 1. The molecule has 0 aliphatic carbocycles. The SMILES string of the molecule is C[C@@H]1Cc2ccccc2N1C(=O)C1CCN(c2ccc(C(F)(F)F)cn2)CC1. The fourth-order valence-electron chi connectivity index (χ4n) is 4.19. The van der Waals surface area contributed by atoms with Crippen molar-refractivity contribution in [3.8, 4) is 0 Å². The third kappa shape index (κ3) is 3.45. The van der Waals surface area contributed by atoms with Crippen LogP contribution < -0.4 is 9.80 Å². The van der Waals surface area contributed by atoms with Gasteiger partial charge in [0.15, 0.2) is 0 Å². The number of aromatic nitrogens is 1. The molecule has 2 aliphatic rings. The summed E-state index contributed by atoms with van der Waals surface area (Å²) < 4.78 is 38.1.